The molecular weight excluding hydrogens is 262 g/mol. The van der Waals surface area contributed by atoms with E-state index in [-0.39, 0.29) is 11.8 Å². The predicted octanol–water partition coefficient (Wildman–Crippen LogP) is 3.82. The Balaban J connectivity index is 2.26. The summed E-state index contributed by atoms with van der Waals surface area (Å²) in [5.74, 6) is -1.25. The minimum absolute atomic E-state index is 0.0500. The molecule has 1 aromatic carbocycles. The molecule has 0 saturated heterocycles. The molecule has 0 bridgehead atoms. The number of hydrogen-bond acceptors (Lipinski definition) is 3. The molecule has 1 unspecified atom stereocenters. The number of benzene rings is 1. The molecule has 1 aromatic heterocycles. The zero-order valence-electron chi connectivity index (χ0n) is 11.4. The Kier molecular flexibility index (Phi) is 4.63. The first-order valence-electron chi connectivity index (χ1n) is 6.43. The number of nitrogens with one attached hydrogen (secondary N) is 1. The fourth-order valence-corrected chi connectivity index (χ4v) is 1.89. The van der Waals surface area contributed by atoms with E-state index in [0.717, 1.165) is 24.2 Å². The largest absolute Gasteiger partial charge is 0.439 e. The molecule has 2 aromatic rings. The maximum Gasteiger partial charge on any atom is 0.223 e. The first kappa shape index (κ1) is 14.4. The van der Waals surface area contributed by atoms with Gasteiger partial charge in [0.1, 0.15) is 5.75 Å². The van der Waals surface area contributed by atoms with Crippen molar-refractivity contribution in [1.82, 2.24) is 10.3 Å². The Bertz CT molecular complexity index is 590. The molecule has 0 saturated carbocycles. The first-order valence-corrected chi connectivity index (χ1v) is 6.43. The van der Waals surface area contributed by atoms with Gasteiger partial charge < -0.3 is 10.1 Å². The minimum Gasteiger partial charge on any atom is -0.439 e. The van der Waals surface area contributed by atoms with Crippen LogP contribution in [0, 0.1) is 11.6 Å². The van der Waals surface area contributed by atoms with Gasteiger partial charge in [0, 0.05) is 23.9 Å². The maximum atomic E-state index is 13.2. The number of aromatic nitrogens is 1. The topological polar surface area (TPSA) is 34.2 Å². The van der Waals surface area contributed by atoms with Crippen molar-refractivity contribution < 1.29 is 13.5 Å². The highest BCUT2D eigenvalue weighted by Gasteiger charge is 2.13. The van der Waals surface area contributed by atoms with E-state index in [0.29, 0.717) is 5.88 Å². The van der Waals surface area contributed by atoms with Gasteiger partial charge in [-0.25, -0.2) is 13.8 Å². The van der Waals surface area contributed by atoms with Crippen LogP contribution in [0.5, 0.6) is 11.6 Å². The average molecular weight is 278 g/mol. The molecule has 1 heterocycles. The summed E-state index contributed by atoms with van der Waals surface area (Å²) in [6.45, 7) is 4.79. The second-order valence-electron chi connectivity index (χ2n) is 4.36. The molecule has 1 atom stereocenters. The van der Waals surface area contributed by atoms with E-state index in [4.69, 9.17) is 4.74 Å². The number of nitrogens with zero attached hydrogens (tertiary/aromatic N) is 1. The van der Waals surface area contributed by atoms with Gasteiger partial charge in [-0.2, -0.15) is 0 Å². The summed E-state index contributed by atoms with van der Waals surface area (Å²) in [5.41, 5.74) is 0.860. The minimum atomic E-state index is -0.945. The van der Waals surface area contributed by atoms with Crippen molar-refractivity contribution >= 4 is 0 Å². The lowest BCUT2D eigenvalue weighted by Gasteiger charge is -2.16. The molecule has 20 heavy (non-hydrogen) atoms. The van der Waals surface area contributed by atoms with E-state index in [2.05, 4.69) is 10.3 Å². The quantitative estimate of drug-likeness (QED) is 0.902. The summed E-state index contributed by atoms with van der Waals surface area (Å²) in [4.78, 5) is 4.15. The number of hydrogen-bond donors (Lipinski definition) is 1. The lowest BCUT2D eigenvalue weighted by Crippen LogP contribution is -2.18. The fraction of sp³-hybridized carbons (Fsp3) is 0.267. The van der Waals surface area contributed by atoms with E-state index in [1.54, 1.807) is 12.3 Å². The van der Waals surface area contributed by atoms with E-state index in [1.165, 1.54) is 6.07 Å². The van der Waals surface area contributed by atoms with Gasteiger partial charge in [-0.3, -0.25) is 0 Å². The van der Waals surface area contributed by atoms with Gasteiger partial charge in [-0.1, -0.05) is 13.0 Å². The van der Waals surface area contributed by atoms with Crippen LogP contribution in [0.25, 0.3) is 0 Å². The van der Waals surface area contributed by atoms with Crippen molar-refractivity contribution in [2.75, 3.05) is 6.54 Å². The van der Waals surface area contributed by atoms with E-state index in [1.807, 2.05) is 19.9 Å². The second kappa shape index (κ2) is 6.43. The van der Waals surface area contributed by atoms with Gasteiger partial charge in [0.15, 0.2) is 11.6 Å². The van der Waals surface area contributed by atoms with Crippen LogP contribution in [-0.4, -0.2) is 11.5 Å². The third-order valence-corrected chi connectivity index (χ3v) is 2.88. The molecule has 2 rings (SSSR count). The van der Waals surface area contributed by atoms with Gasteiger partial charge in [-0.15, -0.1) is 0 Å². The van der Waals surface area contributed by atoms with Crippen LogP contribution in [0.4, 0.5) is 8.78 Å². The molecule has 0 spiro atoms. The number of pyridine rings is 1. The van der Waals surface area contributed by atoms with Crippen molar-refractivity contribution in [3.63, 3.8) is 0 Å². The van der Waals surface area contributed by atoms with Crippen molar-refractivity contribution in [2.45, 2.75) is 19.9 Å². The highest BCUT2D eigenvalue weighted by atomic mass is 19.2. The SMILES string of the molecule is CCNC(C)c1cccnc1Oc1ccc(F)c(F)c1. The lowest BCUT2D eigenvalue weighted by atomic mass is 10.1. The lowest BCUT2D eigenvalue weighted by molar-refractivity contribution is 0.433. The zero-order valence-corrected chi connectivity index (χ0v) is 11.4. The molecule has 5 heteroatoms. The highest BCUT2D eigenvalue weighted by Crippen LogP contribution is 2.28. The van der Waals surface area contributed by atoms with Gasteiger partial charge in [0.2, 0.25) is 5.88 Å². The molecule has 1 N–H and O–H groups in total. The molecule has 106 valence electrons. The van der Waals surface area contributed by atoms with Gasteiger partial charge >= 0.3 is 0 Å². The van der Waals surface area contributed by atoms with E-state index in [9.17, 15) is 8.78 Å². The molecule has 0 aliphatic carbocycles. The summed E-state index contributed by atoms with van der Waals surface area (Å²) in [6.07, 6.45) is 1.59. The van der Waals surface area contributed by atoms with Gasteiger partial charge in [0.25, 0.3) is 0 Å². The number of halogens is 2. The van der Waals surface area contributed by atoms with Crippen molar-refractivity contribution in [3.8, 4) is 11.6 Å². The van der Waals surface area contributed by atoms with E-state index >= 15 is 0 Å². The van der Waals surface area contributed by atoms with Crippen LogP contribution in [0.3, 0.4) is 0 Å². The fourth-order valence-electron chi connectivity index (χ4n) is 1.89. The maximum absolute atomic E-state index is 13.2. The molecule has 0 aliphatic heterocycles. The van der Waals surface area contributed by atoms with E-state index < -0.39 is 11.6 Å². The summed E-state index contributed by atoms with van der Waals surface area (Å²) >= 11 is 0. The van der Waals surface area contributed by atoms with Crippen LogP contribution in [-0.2, 0) is 0 Å². The Hall–Kier alpha value is -2.01. The average Bonchev–Trinajstić information content (AvgIpc) is 2.44. The van der Waals surface area contributed by atoms with Crippen LogP contribution in [0.2, 0.25) is 0 Å². The van der Waals surface area contributed by atoms with Crippen molar-refractivity contribution in [3.05, 3.63) is 53.7 Å². The Morgan fingerprint density at radius 2 is 2.05 bits per heavy atom. The Labute approximate surface area is 116 Å². The summed E-state index contributed by atoms with van der Waals surface area (Å²) < 4.78 is 31.6. The van der Waals surface area contributed by atoms with Gasteiger partial charge in [0.05, 0.1) is 0 Å². The Morgan fingerprint density at radius 3 is 2.75 bits per heavy atom. The first-order chi connectivity index (χ1) is 9.61. The summed E-state index contributed by atoms with van der Waals surface area (Å²) in [7, 11) is 0. The third-order valence-electron chi connectivity index (χ3n) is 2.88. The van der Waals surface area contributed by atoms with Crippen LogP contribution >= 0.6 is 0 Å². The summed E-state index contributed by atoms with van der Waals surface area (Å²) in [5, 5.41) is 3.25. The van der Waals surface area contributed by atoms with Crippen molar-refractivity contribution in [2.24, 2.45) is 0 Å². The van der Waals surface area contributed by atoms with Crippen LogP contribution in [0.1, 0.15) is 25.5 Å². The molecule has 3 nitrogen and oxygen atoms in total. The Morgan fingerprint density at radius 1 is 1.25 bits per heavy atom. The molecule has 0 fully saturated rings. The highest BCUT2D eigenvalue weighted by molar-refractivity contribution is 5.34. The monoisotopic (exact) mass is 278 g/mol. The number of rotatable bonds is 5. The molecule has 0 amide bonds. The molecule has 0 radical (unpaired) electrons. The summed E-state index contributed by atoms with van der Waals surface area (Å²) in [6, 6.07) is 7.15. The van der Waals surface area contributed by atoms with Gasteiger partial charge in [-0.05, 0) is 31.7 Å². The zero-order chi connectivity index (χ0) is 14.5. The molecular formula is C15H16F2N2O. The standard InChI is InChI=1S/C15H16F2N2O/c1-3-18-10(2)12-5-4-8-19-15(12)20-11-6-7-13(16)14(17)9-11/h4-10,18H,3H2,1-2H3. The number of ether oxygens (including phenoxy) is 1. The normalized spacial score (nSPS) is 12.2. The predicted molar refractivity (Wildman–Crippen MR) is 72.8 cm³/mol. The molecule has 0 aliphatic rings. The smallest absolute Gasteiger partial charge is 0.223 e. The second-order valence-corrected chi connectivity index (χ2v) is 4.36. The van der Waals surface area contributed by atoms with Crippen LogP contribution < -0.4 is 10.1 Å². The van der Waals surface area contributed by atoms with Crippen molar-refractivity contribution in [1.29, 1.82) is 0 Å². The van der Waals surface area contributed by atoms with Crippen LogP contribution in [0.15, 0.2) is 36.5 Å². The third kappa shape index (κ3) is 3.30.